The van der Waals surface area contributed by atoms with Crippen LogP contribution in [0.1, 0.15) is 35.9 Å². The van der Waals surface area contributed by atoms with E-state index in [0.29, 0.717) is 0 Å². The average molecular weight is 271 g/mol. The lowest BCUT2D eigenvalue weighted by Gasteiger charge is -2.32. The Morgan fingerprint density at radius 2 is 2.25 bits per heavy atom. The van der Waals surface area contributed by atoms with Gasteiger partial charge in [-0.2, -0.15) is 5.10 Å². The van der Waals surface area contributed by atoms with Gasteiger partial charge in [0.25, 0.3) is 0 Å². The van der Waals surface area contributed by atoms with Gasteiger partial charge in [0.2, 0.25) is 0 Å². The van der Waals surface area contributed by atoms with Crippen molar-refractivity contribution in [2.75, 3.05) is 13.2 Å². The number of rotatable bonds is 4. The van der Waals surface area contributed by atoms with E-state index < -0.39 is 0 Å². The van der Waals surface area contributed by atoms with Crippen LogP contribution in [0.15, 0.2) is 36.5 Å². The monoisotopic (exact) mass is 271 g/mol. The van der Waals surface area contributed by atoms with Crippen LogP contribution in [0.5, 0.6) is 0 Å². The zero-order chi connectivity index (χ0) is 13.9. The minimum atomic E-state index is 0.0369. The topological polar surface area (TPSA) is 39.1 Å². The number of aromatic nitrogens is 2. The van der Waals surface area contributed by atoms with E-state index >= 15 is 0 Å². The molecule has 1 N–H and O–H groups in total. The Labute approximate surface area is 119 Å². The molecule has 2 heterocycles. The van der Waals surface area contributed by atoms with E-state index in [4.69, 9.17) is 4.74 Å². The molecule has 4 heteroatoms. The molecule has 0 radical (unpaired) electrons. The van der Waals surface area contributed by atoms with Gasteiger partial charge in [0, 0.05) is 13.2 Å². The smallest absolute Gasteiger partial charge is 0.104 e. The van der Waals surface area contributed by atoms with E-state index in [2.05, 4.69) is 47.7 Å². The second-order valence-electron chi connectivity index (χ2n) is 5.19. The van der Waals surface area contributed by atoms with E-state index in [-0.39, 0.29) is 12.1 Å². The molecule has 20 heavy (non-hydrogen) atoms. The maximum absolute atomic E-state index is 6.07. The van der Waals surface area contributed by atoms with E-state index in [1.54, 1.807) is 0 Å². The van der Waals surface area contributed by atoms with Gasteiger partial charge in [-0.3, -0.25) is 4.68 Å². The van der Waals surface area contributed by atoms with Gasteiger partial charge in [-0.25, -0.2) is 0 Å². The number of benzene rings is 1. The van der Waals surface area contributed by atoms with Crippen molar-refractivity contribution < 1.29 is 4.74 Å². The lowest BCUT2D eigenvalue weighted by Crippen LogP contribution is -2.32. The molecule has 3 rings (SSSR count). The number of hydrogen-bond donors (Lipinski definition) is 1. The molecule has 0 spiro atoms. The number of likely N-dealkylation sites (N-methyl/N-ethyl adjacent to an activating group) is 1. The van der Waals surface area contributed by atoms with Crippen LogP contribution < -0.4 is 5.32 Å². The van der Waals surface area contributed by atoms with Crippen LogP contribution in [-0.4, -0.2) is 22.9 Å². The molecule has 0 saturated carbocycles. The van der Waals surface area contributed by atoms with Crippen molar-refractivity contribution >= 4 is 0 Å². The highest BCUT2D eigenvalue weighted by Gasteiger charge is 2.30. The highest BCUT2D eigenvalue weighted by molar-refractivity contribution is 5.33. The number of nitrogens with one attached hydrogen (secondary N) is 1. The van der Waals surface area contributed by atoms with Crippen molar-refractivity contribution in [1.82, 2.24) is 15.1 Å². The first-order valence-corrected chi connectivity index (χ1v) is 7.22. The zero-order valence-corrected chi connectivity index (χ0v) is 12.0. The van der Waals surface area contributed by atoms with Crippen LogP contribution in [0.3, 0.4) is 0 Å². The van der Waals surface area contributed by atoms with Gasteiger partial charge >= 0.3 is 0 Å². The molecule has 2 aromatic rings. The van der Waals surface area contributed by atoms with Gasteiger partial charge in [0.15, 0.2) is 0 Å². The Morgan fingerprint density at radius 3 is 3.00 bits per heavy atom. The summed E-state index contributed by atoms with van der Waals surface area (Å²) in [6.45, 7) is 3.78. The second-order valence-corrected chi connectivity index (χ2v) is 5.19. The summed E-state index contributed by atoms with van der Waals surface area (Å²) in [4.78, 5) is 0. The number of ether oxygens (including phenoxy) is 1. The molecular weight excluding hydrogens is 250 g/mol. The van der Waals surface area contributed by atoms with Crippen LogP contribution >= 0.6 is 0 Å². The van der Waals surface area contributed by atoms with Gasteiger partial charge in [0.05, 0.1) is 18.3 Å². The summed E-state index contributed by atoms with van der Waals surface area (Å²) in [5, 5.41) is 8.07. The van der Waals surface area contributed by atoms with Crippen molar-refractivity contribution in [1.29, 1.82) is 0 Å². The molecule has 1 aliphatic rings. The maximum Gasteiger partial charge on any atom is 0.104 e. The number of nitrogens with zero attached hydrogens (tertiary/aromatic N) is 2. The summed E-state index contributed by atoms with van der Waals surface area (Å²) < 4.78 is 7.91. The fraction of sp³-hybridized carbons (Fsp3) is 0.438. The predicted molar refractivity (Wildman–Crippen MR) is 78.5 cm³/mol. The molecule has 2 unspecified atom stereocenters. The third-order valence-corrected chi connectivity index (χ3v) is 3.81. The quantitative estimate of drug-likeness (QED) is 0.928. The third-order valence-electron chi connectivity index (χ3n) is 3.81. The molecule has 2 atom stereocenters. The van der Waals surface area contributed by atoms with Gasteiger partial charge in [-0.15, -0.1) is 0 Å². The van der Waals surface area contributed by atoms with Crippen molar-refractivity contribution in [3.8, 4) is 0 Å². The van der Waals surface area contributed by atoms with Crippen molar-refractivity contribution in [2.24, 2.45) is 7.05 Å². The molecule has 4 nitrogen and oxygen atoms in total. The summed E-state index contributed by atoms with van der Waals surface area (Å²) in [6.07, 6.45) is 3.01. The van der Waals surface area contributed by atoms with Gasteiger partial charge < -0.3 is 10.1 Å². The Kier molecular flexibility index (Phi) is 3.85. The summed E-state index contributed by atoms with van der Waals surface area (Å²) >= 11 is 0. The van der Waals surface area contributed by atoms with Crippen LogP contribution in [0.4, 0.5) is 0 Å². The zero-order valence-electron chi connectivity index (χ0n) is 12.0. The van der Waals surface area contributed by atoms with E-state index in [1.165, 1.54) is 11.1 Å². The molecule has 0 saturated heterocycles. The molecule has 0 fully saturated rings. The van der Waals surface area contributed by atoms with Crippen molar-refractivity contribution in [3.05, 3.63) is 53.3 Å². The van der Waals surface area contributed by atoms with Crippen LogP contribution in [-0.2, 0) is 18.2 Å². The number of aryl methyl sites for hydroxylation is 1. The van der Waals surface area contributed by atoms with Gasteiger partial charge in [-0.05, 0) is 30.2 Å². The summed E-state index contributed by atoms with van der Waals surface area (Å²) in [5.41, 5.74) is 3.72. The van der Waals surface area contributed by atoms with Crippen LogP contribution in [0.25, 0.3) is 0 Å². The van der Waals surface area contributed by atoms with Gasteiger partial charge in [0.1, 0.15) is 6.10 Å². The molecule has 106 valence electrons. The van der Waals surface area contributed by atoms with Crippen molar-refractivity contribution in [3.63, 3.8) is 0 Å². The minimum Gasteiger partial charge on any atom is -0.371 e. The molecule has 1 aliphatic heterocycles. The van der Waals surface area contributed by atoms with Crippen molar-refractivity contribution in [2.45, 2.75) is 25.5 Å². The highest BCUT2D eigenvalue weighted by Crippen LogP contribution is 2.36. The van der Waals surface area contributed by atoms with Crippen LogP contribution in [0.2, 0.25) is 0 Å². The SMILES string of the molecule is CCNC(c1ccn(C)n1)C1OCCc2ccccc21. The Bertz CT molecular complexity index is 579. The normalized spacial score (nSPS) is 19.6. The summed E-state index contributed by atoms with van der Waals surface area (Å²) in [7, 11) is 1.95. The van der Waals surface area contributed by atoms with Crippen LogP contribution in [0, 0.1) is 0 Å². The highest BCUT2D eigenvalue weighted by atomic mass is 16.5. The molecule has 0 bridgehead atoms. The molecule has 0 aliphatic carbocycles. The molecule has 1 aromatic heterocycles. The largest absolute Gasteiger partial charge is 0.371 e. The van der Waals surface area contributed by atoms with E-state index in [9.17, 15) is 0 Å². The Balaban J connectivity index is 1.96. The first kappa shape index (κ1) is 13.3. The van der Waals surface area contributed by atoms with E-state index in [1.807, 2.05) is 17.9 Å². The predicted octanol–water partition coefficient (Wildman–Crippen LogP) is 2.38. The summed E-state index contributed by atoms with van der Waals surface area (Å²) in [6, 6.07) is 10.7. The fourth-order valence-electron chi connectivity index (χ4n) is 2.89. The first-order chi connectivity index (χ1) is 9.79. The van der Waals surface area contributed by atoms with Gasteiger partial charge in [-0.1, -0.05) is 31.2 Å². The molecule has 0 amide bonds. The lowest BCUT2D eigenvalue weighted by atomic mass is 9.92. The lowest BCUT2D eigenvalue weighted by molar-refractivity contribution is 0.0140. The fourth-order valence-corrected chi connectivity index (χ4v) is 2.89. The first-order valence-electron chi connectivity index (χ1n) is 7.22. The number of fused-ring (bicyclic) bond motifs is 1. The third kappa shape index (κ3) is 2.49. The molecule has 1 aromatic carbocycles. The Morgan fingerprint density at radius 1 is 1.40 bits per heavy atom. The molecular formula is C16H21N3O. The number of hydrogen-bond acceptors (Lipinski definition) is 3. The average Bonchev–Trinajstić information content (AvgIpc) is 2.91. The maximum atomic E-state index is 6.07. The summed E-state index contributed by atoms with van der Waals surface area (Å²) in [5.74, 6) is 0. The van der Waals surface area contributed by atoms with E-state index in [0.717, 1.165) is 25.3 Å². The second kappa shape index (κ2) is 5.77. The standard InChI is InChI=1S/C16H21N3O/c1-3-17-15(14-8-10-19(2)18-14)16-13-7-5-4-6-12(13)9-11-20-16/h4-8,10,15-17H,3,9,11H2,1-2H3. The minimum absolute atomic E-state index is 0.0369. The Hall–Kier alpha value is -1.65.